The lowest BCUT2D eigenvalue weighted by molar-refractivity contribution is -0.129. The van der Waals surface area contributed by atoms with Crippen LogP contribution in [0.25, 0.3) is 11.4 Å². The average Bonchev–Trinajstić information content (AvgIpc) is 2.80. The number of rotatable bonds is 4. The highest BCUT2D eigenvalue weighted by Crippen LogP contribution is 2.25. The zero-order chi connectivity index (χ0) is 17.8. The molecule has 1 aliphatic heterocycles. The molecule has 132 valence electrons. The number of carbonyl (C=O) groups excluding carboxylic acids is 1. The summed E-state index contributed by atoms with van der Waals surface area (Å²) in [6, 6.07) is 3.84. The topological polar surface area (TPSA) is 62.2 Å². The SMILES string of the molecule is CCCN1CCCN(c2nc(-c3cccnc3)nc(C)c2C)CC1=O. The van der Waals surface area contributed by atoms with Gasteiger partial charge >= 0.3 is 0 Å². The maximum Gasteiger partial charge on any atom is 0.242 e. The van der Waals surface area contributed by atoms with Crippen LogP contribution < -0.4 is 4.90 Å². The highest BCUT2D eigenvalue weighted by Gasteiger charge is 2.24. The maximum atomic E-state index is 12.6. The lowest BCUT2D eigenvalue weighted by Gasteiger charge is -2.24. The molecule has 1 amide bonds. The van der Waals surface area contributed by atoms with E-state index < -0.39 is 0 Å². The van der Waals surface area contributed by atoms with Crippen LogP contribution in [0.3, 0.4) is 0 Å². The average molecular weight is 339 g/mol. The number of aryl methyl sites for hydroxylation is 1. The van der Waals surface area contributed by atoms with E-state index >= 15 is 0 Å². The summed E-state index contributed by atoms with van der Waals surface area (Å²) in [6.07, 6.45) is 5.45. The molecule has 2 aromatic heterocycles. The smallest absolute Gasteiger partial charge is 0.242 e. The van der Waals surface area contributed by atoms with Crippen molar-refractivity contribution in [2.24, 2.45) is 0 Å². The molecular weight excluding hydrogens is 314 g/mol. The van der Waals surface area contributed by atoms with E-state index in [1.807, 2.05) is 30.9 Å². The number of hydrogen-bond acceptors (Lipinski definition) is 5. The molecule has 0 N–H and O–H groups in total. The normalized spacial score (nSPS) is 15.4. The third-order valence-corrected chi connectivity index (χ3v) is 4.61. The Morgan fingerprint density at radius 2 is 2.04 bits per heavy atom. The molecule has 0 aliphatic carbocycles. The Bertz CT molecular complexity index is 747. The van der Waals surface area contributed by atoms with Gasteiger partial charge in [0.05, 0.1) is 6.54 Å². The molecule has 3 rings (SSSR count). The summed E-state index contributed by atoms with van der Waals surface area (Å²) in [7, 11) is 0. The van der Waals surface area contributed by atoms with Crippen molar-refractivity contribution in [1.82, 2.24) is 19.9 Å². The van der Waals surface area contributed by atoms with Gasteiger partial charge in [-0.25, -0.2) is 9.97 Å². The van der Waals surface area contributed by atoms with Crippen LogP contribution in [0.1, 0.15) is 31.0 Å². The Morgan fingerprint density at radius 1 is 1.20 bits per heavy atom. The van der Waals surface area contributed by atoms with Crippen molar-refractivity contribution in [3.8, 4) is 11.4 Å². The number of pyridine rings is 1. The Labute approximate surface area is 148 Å². The molecule has 6 nitrogen and oxygen atoms in total. The second-order valence-corrected chi connectivity index (χ2v) is 6.48. The quantitative estimate of drug-likeness (QED) is 0.857. The van der Waals surface area contributed by atoms with Crippen LogP contribution >= 0.6 is 0 Å². The molecule has 2 aromatic rings. The number of aromatic nitrogens is 3. The molecule has 0 unspecified atom stereocenters. The van der Waals surface area contributed by atoms with Crippen molar-refractivity contribution in [3.63, 3.8) is 0 Å². The Balaban J connectivity index is 1.93. The summed E-state index contributed by atoms with van der Waals surface area (Å²) < 4.78 is 0. The van der Waals surface area contributed by atoms with Crippen molar-refractivity contribution >= 4 is 11.7 Å². The predicted octanol–water partition coefficient (Wildman–Crippen LogP) is 2.60. The van der Waals surface area contributed by atoms with Crippen molar-refractivity contribution in [3.05, 3.63) is 35.8 Å². The van der Waals surface area contributed by atoms with Crippen molar-refractivity contribution < 1.29 is 4.79 Å². The standard InChI is InChI=1S/C19H25N5O/c1-4-9-23-10-6-11-24(13-17(23)25)19-14(2)15(3)21-18(22-19)16-7-5-8-20-12-16/h5,7-8,12H,4,6,9-11,13H2,1-3H3. The zero-order valence-corrected chi connectivity index (χ0v) is 15.2. The van der Waals surface area contributed by atoms with Gasteiger partial charge in [0.25, 0.3) is 0 Å². The molecule has 1 saturated heterocycles. The van der Waals surface area contributed by atoms with Gasteiger partial charge < -0.3 is 9.80 Å². The highest BCUT2D eigenvalue weighted by atomic mass is 16.2. The molecule has 0 bridgehead atoms. The monoisotopic (exact) mass is 339 g/mol. The van der Waals surface area contributed by atoms with E-state index in [2.05, 4.69) is 21.8 Å². The first-order chi connectivity index (χ1) is 12.1. The number of carbonyl (C=O) groups is 1. The molecule has 0 aromatic carbocycles. The minimum absolute atomic E-state index is 0.179. The van der Waals surface area contributed by atoms with E-state index in [1.165, 1.54) is 0 Å². The summed E-state index contributed by atoms with van der Waals surface area (Å²) in [5.41, 5.74) is 2.86. The fraction of sp³-hybridized carbons (Fsp3) is 0.474. The summed E-state index contributed by atoms with van der Waals surface area (Å²) in [5, 5.41) is 0. The summed E-state index contributed by atoms with van der Waals surface area (Å²) in [5.74, 6) is 1.70. The van der Waals surface area contributed by atoms with Crippen LogP contribution in [0, 0.1) is 13.8 Å². The fourth-order valence-electron chi connectivity index (χ4n) is 3.15. The first-order valence-corrected chi connectivity index (χ1v) is 8.88. The van der Waals surface area contributed by atoms with Gasteiger partial charge in [0.2, 0.25) is 5.91 Å². The van der Waals surface area contributed by atoms with E-state index in [4.69, 9.17) is 4.98 Å². The minimum Gasteiger partial charge on any atom is -0.347 e. The lowest BCUT2D eigenvalue weighted by Crippen LogP contribution is -2.37. The van der Waals surface area contributed by atoms with Gasteiger partial charge in [-0.3, -0.25) is 9.78 Å². The van der Waals surface area contributed by atoms with Gasteiger partial charge in [0.1, 0.15) is 5.82 Å². The zero-order valence-electron chi connectivity index (χ0n) is 15.2. The van der Waals surface area contributed by atoms with Gasteiger partial charge in [0.15, 0.2) is 5.82 Å². The van der Waals surface area contributed by atoms with E-state index in [-0.39, 0.29) is 5.91 Å². The molecular formula is C19H25N5O. The fourth-order valence-corrected chi connectivity index (χ4v) is 3.15. The first-order valence-electron chi connectivity index (χ1n) is 8.88. The van der Waals surface area contributed by atoms with Gasteiger partial charge in [-0.2, -0.15) is 0 Å². The van der Waals surface area contributed by atoms with Crippen molar-refractivity contribution in [2.75, 3.05) is 31.1 Å². The lowest BCUT2D eigenvalue weighted by atomic mass is 10.2. The molecule has 6 heteroatoms. The highest BCUT2D eigenvalue weighted by molar-refractivity contribution is 5.82. The number of hydrogen-bond donors (Lipinski definition) is 0. The van der Waals surface area contributed by atoms with Crippen LogP contribution in [0.15, 0.2) is 24.5 Å². The summed E-state index contributed by atoms with van der Waals surface area (Å²) >= 11 is 0. The Kier molecular flexibility index (Phi) is 5.26. The molecule has 25 heavy (non-hydrogen) atoms. The van der Waals surface area contributed by atoms with Crippen molar-refractivity contribution in [2.45, 2.75) is 33.6 Å². The van der Waals surface area contributed by atoms with Crippen LogP contribution in [-0.2, 0) is 4.79 Å². The third-order valence-electron chi connectivity index (χ3n) is 4.61. The first kappa shape index (κ1) is 17.3. The van der Waals surface area contributed by atoms with E-state index in [0.29, 0.717) is 12.4 Å². The summed E-state index contributed by atoms with van der Waals surface area (Å²) in [6.45, 7) is 8.98. The van der Waals surface area contributed by atoms with E-state index in [0.717, 1.165) is 55.1 Å². The van der Waals surface area contributed by atoms with Crippen LogP contribution in [0.2, 0.25) is 0 Å². The molecule has 1 fully saturated rings. The van der Waals surface area contributed by atoms with Crippen LogP contribution in [0.4, 0.5) is 5.82 Å². The van der Waals surface area contributed by atoms with Crippen LogP contribution in [0.5, 0.6) is 0 Å². The molecule has 3 heterocycles. The van der Waals surface area contributed by atoms with E-state index in [1.54, 1.807) is 12.4 Å². The number of nitrogens with zero attached hydrogens (tertiary/aromatic N) is 5. The number of amides is 1. The van der Waals surface area contributed by atoms with Gasteiger partial charge in [-0.05, 0) is 38.8 Å². The van der Waals surface area contributed by atoms with Crippen LogP contribution in [-0.4, -0.2) is 51.9 Å². The second-order valence-electron chi connectivity index (χ2n) is 6.48. The van der Waals surface area contributed by atoms with E-state index in [9.17, 15) is 4.79 Å². The Morgan fingerprint density at radius 3 is 2.76 bits per heavy atom. The molecule has 0 radical (unpaired) electrons. The van der Waals surface area contributed by atoms with Crippen molar-refractivity contribution in [1.29, 1.82) is 0 Å². The molecule has 0 atom stereocenters. The van der Waals surface area contributed by atoms with Gasteiger partial charge in [-0.1, -0.05) is 6.92 Å². The Hall–Kier alpha value is -2.50. The van der Waals surface area contributed by atoms with Gasteiger partial charge in [0, 0.05) is 48.8 Å². The second kappa shape index (κ2) is 7.59. The molecule has 0 saturated carbocycles. The van der Waals surface area contributed by atoms with Gasteiger partial charge in [-0.15, -0.1) is 0 Å². The number of anilines is 1. The molecule has 0 spiro atoms. The summed E-state index contributed by atoms with van der Waals surface area (Å²) in [4.78, 5) is 30.2. The largest absolute Gasteiger partial charge is 0.347 e. The maximum absolute atomic E-state index is 12.6. The predicted molar refractivity (Wildman–Crippen MR) is 98.4 cm³/mol. The third kappa shape index (κ3) is 3.78. The molecule has 1 aliphatic rings. The minimum atomic E-state index is 0.179.